The van der Waals surface area contributed by atoms with Crippen LogP contribution in [-0.2, 0) is 11.3 Å². The van der Waals surface area contributed by atoms with E-state index in [9.17, 15) is 9.59 Å². The van der Waals surface area contributed by atoms with Crippen molar-refractivity contribution in [2.24, 2.45) is 10.7 Å². The predicted molar refractivity (Wildman–Crippen MR) is 125 cm³/mol. The summed E-state index contributed by atoms with van der Waals surface area (Å²) >= 11 is 5.83. The smallest absolute Gasteiger partial charge is 0.337 e. The summed E-state index contributed by atoms with van der Waals surface area (Å²) in [6.07, 6.45) is 1.77. The van der Waals surface area contributed by atoms with E-state index in [2.05, 4.69) is 27.3 Å². The molecule has 7 N–H and O–H groups in total. The second-order valence-electron chi connectivity index (χ2n) is 8.27. The molecular formula is C21H28Cl2N8O3. The van der Waals surface area contributed by atoms with Crippen molar-refractivity contribution < 1.29 is 31.2 Å². The molecule has 2 heterocycles. The van der Waals surface area contributed by atoms with Crippen LogP contribution in [0.5, 0.6) is 0 Å². The topological polar surface area (TPSA) is 172 Å². The first-order chi connectivity index (χ1) is 15.6. The molecule has 2 aromatic rings. The standard InChI is InChI=1S/C21H27ClN8O3.ClH/c1-30(10-12-5-3-6-13(9-12)20(32)33-2)8-4-7-14(11-30)26-21(25)29-19(31)15-17(23)28-18(24)16(22)27-15;/h3,5-6,9,14H,4,7-8,10-11H2,1-2H3,(H6-,23,24,25,26,28,29,31);1H/t14?,30-;/m0./s1. The van der Waals surface area contributed by atoms with Gasteiger partial charge < -0.3 is 38.8 Å². The van der Waals surface area contributed by atoms with Crippen LogP contribution in [0.15, 0.2) is 29.3 Å². The molecule has 34 heavy (non-hydrogen) atoms. The number of anilines is 2. The number of amides is 1. The summed E-state index contributed by atoms with van der Waals surface area (Å²) in [6.45, 7) is 2.39. The zero-order chi connectivity index (χ0) is 24.2. The minimum absolute atomic E-state index is 0. The van der Waals surface area contributed by atoms with Crippen LogP contribution < -0.4 is 34.9 Å². The zero-order valence-corrected chi connectivity index (χ0v) is 20.4. The molecule has 1 amide bonds. The van der Waals surface area contributed by atoms with Gasteiger partial charge in [0.1, 0.15) is 19.1 Å². The Morgan fingerprint density at radius 2 is 2.03 bits per heavy atom. The number of nitrogens with one attached hydrogen (secondary N) is 1. The Hall–Kier alpha value is -3.15. The largest absolute Gasteiger partial charge is 1.00 e. The molecule has 0 bridgehead atoms. The number of nitrogens with two attached hydrogens (primary N) is 3. The molecule has 11 nitrogen and oxygen atoms in total. The van der Waals surface area contributed by atoms with E-state index >= 15 is 0 Å². The number of carbonyl (C=O) groups is 2. The number of aliphatic imine (C=N–C) groups is 1. The number of halogens is 2. The molecule has 13 heteroatoms. The molecule has 0 radical (unpaired) electrons. The number of methoxy groups -OCH3 is 1. The SMILES string of the molecule is COC(=O)c1cccc(C[N@+]2(C)CCCC(N=C(N)NC(=O)c3nc(Cl)c(N)nc3N)C2)c1.[Cl-]. The first-order valence-corrected chi connectivity index (χ1v) is 10.7. The highest BCUT2D eigenvalue weighted by molar-refractivity contribution is 6.31. The van der Waals surface area contributed by atoms with Crippen molar-refractivity contribution in [1.29, 1.82) is 0 Å². The number of rotatable bonds is 5. The molecule has 1 fully saturated rings. The number of benzene rings is 1. The van der Waals surface area contributed by atoms with E-state index in [0.717, 1.165) is 31.5 Å². The summed E-state index contributed by atoms with van der Waals surface area (Å²) in [5.74, 6) is -1.30. The highest BCUT2D eigenvalue weighted by Gasteiger charge is 2.32. The number of aromatic nitrogens is 2. The minimum atomic E-state index is -0.671. The number of carbonyl (C=O) groups excluding carboxylic acids is 2. The zero-order valence-electron chi connectivity index (χ0n) is 18.9. The maximum atomic E-state index is 12.5. The maximum absolute atomic E-state index is 12.5. The van der Waals surface area contributed by atoms with Gasteiger partial charge in [0.05, 0.1) is 26.3 Å². The monoisotopic (exact) mass is 510 g/mol. The molecule has 1 aromatic heterocycles. The first-order valence-electron chi connectivity index (χ1n) is 10.3. The van der Waals surface area contributed by atoms with Crippen molar-refractivity contribution in [1.82, 2.24) is 15.3 Å². The molecule has 0 spiro atoms. The number of hydrogen-bond donors (Lipinski definition) is 4. The summed E-state index contributed by atoms with van der Waals surface area (Å²) in [6, 6.07) is 7.32. The lowest BCUT2D eigenvalue weighted by atomic mass is 10.0. The van der Waals surface area contributed by atoms with Crippen molar-refractivity contribution in [3.8, 4) is 0 Å². The van der Waals surface area contributed by atoms with E-state index in [4.69, 9.17) is 33.5 Å². The third kappa shape index (κ3) is 6.69. The molecule has 1 saturated heterocycles. The molecule has 3 rings (SSSR count). The van der Waals surface area contributed by atoms with Gasteiger partial charge in [-0.15, -0.1) is 0 Å². The summed E-state index contributed by atoms with van der Waals surface area (Å²) in [4.78, 5) is 36.4. The number of likely N-dealkylation sites (tertiary alicyclic amines) is 1. The van der Waals surface area contributed by atoms with Crippen LogP contribution in [0.4, 0.5) is 11.6 Å². The third-order valence-corrected chi connectivity index (χ3v) is 5.76. The van der Waals surface area contributed by atoms with Crippen LogP contribution in [-0.4, -0.2) is 65.6 Å². The Morgan fingerprint density at radius 1 is 1.29 bits per heavy atom. The molecule has 0 aliphatic carbocycles. The van der Waals surface area contributed by atoms with E-state index in [-0.39, 0.29) is 52.9 Å². The number of hydrogen-bond acceptors (Lipinski definition) is 8. The van der Waals surface area contributed by atoms with Crippen molar-refractivity contribution in [3.05, 3.63) is 46.2 Å². The van der Waals surface area contributed by atoms with Gasteiger partial charge >= 0.3 is 5.97 Å². The van der Waals surface area contributed by atoms with Crippen LogP contribution in [0.3, 0.4) is 0 Å². The van der Waals surface area contributed by atoms with Gasteiger partial charge in [0.25, 0.3) is 5.91 Å². The fourth-order valence-electron chi connectivity index (χ4n) is 4.02. The fraction of sp³-hybridized carbons (Fsp3) is 0.381. The molecule has 1 aliphatic rings. The maximum Gasteiger partial charge on any atom is 0.337 e. The quantitative estimate of drug-likeness (QED) is 0.154. The van der Waals surface area contributed by atoms with Crippen LogP contribution in [0, 0.1) is 0 Å². The summed E-state index contributed by atoms with van der Waals surface area (Å²) in [7, 11) is 3.50. The van der Waals surface area contributed by atoms with Crippen LogP contribution in [0.25, 0.3) is 0 Å². The van der Waals surface area contributed by atoms with Gasteiger partial charge in [0.2, 0.25) is 0 Å². The highest BCUT2D eigenvalue weighted by Crippen LogP contribution is 2.23. The van der Waals surface area contributed by atoms with Crippen molar-refractivity contribution in [3.63, 3.8) is 0 Å². The lowest BCUT2D eigenvalue weighted by Crippen LogP contribution is -3.00. The van der Waals surface area contributed by atoms with Gasteiger partial charge in [-0.25, -0.2) is 19.8 Å². The van der Waals surface area contributed by atoms with E-state index in [1.165, 1.54) is 7.11 Å². The van der Waals surface area contributed by atoms with E-state index in [1.54, 1.807) is 6.07 Å². The van der Waals surface area contributed by atoms with E-state index < -0.39 is 5.91 Å². The molecule has 1 aliphatic heterocycles. The third-order valence-electron chi connectivity index (χ3n) is 5.48. The van der Waals surface area contributed by atoms with Gasteiger partial charge in [-0.1, -0.05) is 23.7 Å². The van der Waals surface area contributed by atoms with Crippen LogP contribution >= 0.6 is 11.6 Å². The lowest BCUT2D eigenvalue weighted by molar-refractivity contribution is -0.927. The minimum Gasteiger partial charge on any atom is -1.00 e. The van der Waals surface area contributed by atoms with Crippen LogP contribution in [0.2, 0.25) is 5.15 Å². The molecule has 1 aromatic carbocycles. The van der Waals surface area contributed by atoms with Gasteiger partial charge in [-0.2, -0.15) is 0 Å². The van der Waals surface area contributed by atoms with Gasteiger partial charge in [0, 0.05) is 5.56 Å². The van der Waals surface area contributed by atoms with Crippen LogP contribution in [0.1, 0.15) is 39.3 Å². The Morgan fingerprint density at radius 3 is 2.74 bits per heavy atom. The van der Waals surface area contributed by atoms with Gasteiger partial charge in [-0.3, -0.25) is 10.1 Å². The average Bonchev–Trinajstić information content (AvgIpc) is 2.75. The number of nitrogen functional groups attached to an aromatic ring is 2. The highest BCUT2D eigenvalue weighted by atomic mass is 35.5. The molecule has 1 unspecified atom stereocenters. The normalized spacial score (nSPS) is 20.2. The Kier molecular flexibility index (Phi) is 9.02. The Balaban J connectivity index is 0.00000408. The van der Waals surface area contributed by atoms with E-state index in [0.29, 0.717) is 16.6 Å². The number of nitrogens with zero attached hydrogens (tertiary/aromatic N) is 4. The number of likely N-dealkylation sites (N-methyl/N-ethyl adjacent to an activating group) is 1. The second kappa shape index (κ2) is 11.3. The van der Waals surface area contributed by atoms with Gasteiger partial charge in [0.15, 0.2) is 28.4 Å². The Labute approximate surface area is 208 Å². The first kappa shape index (κ1) is 27.1. The van der Waals surface area contributed by atoms with Crippen molar-refractivity contribution in [2.75, 3.05) is 38.7 Å². The molecule has 0 saturated carbocycles. The molecular weight excluding hydrogens is 483 g/mol. The molecule has 2 atom stereocenters. The Bertz CT molecular complexity index is 1100. The van der Waals surface area contributed by atoms with E-state index in [1.807, 2.05) is 18.2 Å². The number of quaternary nitrogens is 1. The van der Waals surface area contributed by atoms with Gasteiger partial charge in [-0.05, 0) is 25.0 Å². The molecule has 184 valence electrons. The second-order valence-corrected chi connectivity index (χ2v) is 8.63. The summed E-state index contributed by atoms with van der Waals surface area (Å²) in [5, 5.41) is 2.36. The average molecular weight is 511 g/mol. The number of piperidine rings is 1. The predicted octanol–water partition coefficient (Wildman–Crippen LogP) is -2.06. The summed E-state index contributed by atoms with van der Waals surface area (Å²) < 4.78 is 5.52. The van der Waals surface area contributed by atoms with Crippen molar-refractivity contribution >= 4 is 41.1 Å². The van der Waals surface area contributed by atoms with Crippen molar-refractivity contribution in [2.45, 2.75) is 25.4 Å². The number of ether oxygens (including phenoxy) is 1. The summed E-state index contributed by atoms with van der Waals surface area (Å²) in [5.41, 5.74) is 18.6. The lowest BCUT2D eigenvalue weighted by Gasteiger charge is -2.40. The number of guanidine groups is 1. The fourth-order valence-corrected chi connectivity index (χ4v) is 4.14. The number of esters is 1.